The number of carboxylic acids is 1. The quantitative estimate of drug-likeness (QED) is 0.579. The van der Waals surface area contributed by atoms with Crippen LogP contribution in [0.4, 0.5) is 9.39 Å². The highest BCUT2D eigenvalue weighted by atomic mass is 32.1. The highest BCUT2D eigenvalue weighted by molar-refractivity contribution is 7.19. The summed E-state index contributed by atoms with van der Waals surface area (Å²) in [5, 5.41) is 20.2. The van der Waals surface area contributed by atoms with Crippen molar-refractivity contribution in [3.63, 3.8) is 0 Å². The van der Waals surface area contributed by atoms with E-state index in [4.69, 9.17) is 0 Å². The largest absolute Gasteiger partial charge is 0.478 e. The fraction of sp³-hybridized carbons (Fsp3) is 0.286. The number of rotatable bonds is 5. The van der Waals surface area contributed by atoms with Crippen LogP contribution in [0.25, 0.3) is 10.6 Å². The van der Waals surface area contributed by atoms with E-state index in [1.54, 1.807) is 25.2 Å². The van der Waals surface area contributed by atoms with Gasteiger partial charge in [0.1, 0.15) is 11.4 Å². The predicted octanol–water partition coefficient (Wildman–Crippen LogP) is 3.32. The Bertz CT molecular complexity index is 1090. The van der Waals surface area contributed by atoms with Gasteiger partial charge in [0.15, 0.2) is 0 Å². The van der Waals surface area contributed by atoms with Gasteiger partial charge in [0.05, 0.1) is 27.7 Å². The summed E-state index contributed by atoms with van der Waals surface area (Å²) >= 11 is 1.29. The first-order valence-corrected chi connectivity index (χ1v) is 10.4. The van der Waals surface area contributed by atoms with Crippen molar-refractivity contribution in [2.24, 2.45) is 13.0 Å². The average molecular weight is 428 g/mol. The van der Waals surface area contributed by atoms with Crippen LogP contribution in [0.3, 0.4) is 0 Å². The third-order valence-electron chi connectivity index (χ3n) is 5.35. The molecule has 1 amide bonds. The summed E-state index contributed by atoms with van der Waals surface area (Å²) in [6.07, 6.45) is 2.06. The lowest BCUT2D eigenvalue weighted by atomic mass is 9.80. The van der Waals surface area contributed by atoms with E-state index in [0.29, 0.717) is 22.1 Å². The van der Waals surface area contributed by atoms with Gasteiger partial charge in [-0.15, -0.1) is 11.3 Å². The van der Waals surface area contributed by atoms with Gasteiger partial charge in [0, 0.05) is 13.6 Å². The number of aryl methyl sites for hydroxylation is 1. The Morgan fingerprint density at radius 1 is 1.33 bits per heavy atom. The van der Waals surface area contributed by atoms with Crippen LogP contribution in [-0.4, -0.2) is 39.9 Å². The second kappa shape index (κ2) is 8.37. The molecule has 156 valence electrons. The zero-order valence-corrected chi connectivity index (χ0v) is 17.1. The molecule has 1 saturated heterocycles. The molecule has 0 bridgehead atoms. The number of carbonyl (C=O) groups excluding carboxylic acids is 1. The highest BCUT2D eigenvalue weighted by Crippen LogP contribution is 2.35. The molecule has 9 heteroatoms. The summed E-state index contributed by atoms with van der Waals surface area (Å²) in [6, 6.07) is 9.95. The zero-order valence-electron chi connectivity index (χ0n) is 16.3. The molecule has 1 fully saturated rings. The molecule has 0 radical (unpaired) electrons. The third-order valence-corrected chi connectivity index (χ3v) is 6.36. The summed E-state index contributed by atoms with van der Waals surface area (Å²) < 4.78 is 15.2. The Morgan fingerprint density at radius 2 is 2.17 bits per heavy atom. The van der Waals surface area contributed by atoms with E-state index in [1.165, 1.54) is 34.3 Å². The average Bonchev–Trinajstić information content (AvgIpc) is 3.34. The lowest BCUT2D eigenvalue weighted by molar-refractivity contribution is -0.120. The van der Waals surface area contributed by atoms with Gasteiger partial charge in [-0.25, -0.2) is 9.18 Å². The van der Waals surface area contributed by atoms with Crippen molar-refractivity contribution in [1.29, 1.82) is 0 Å². The molecule has 0 aliphatic carbocycles. The molecule has 7 nitrogen and oxygen atoms in total. The number of anilines is 1. The van der Waals surface area contributed by atoms with E-state index in [0.717, 1.165) is 18.5 Å². The number of halogens is 1. The van der Waals surface area contributed by atoms with Gasteiger partial charge in [-0.1, -0.05) is 12.1 Å². The van der Waals surface area contributed by atoms with E-state index in [2.05, 4.69) is 15.7 Å². The molecule has 0 spiro atoms. The molecule has 3 heterocycles. The molecule has 1 aliphatic rings. The number of amides is 1. The van der Waals surface area contributed by atoms with Crippen LogP contribution in [0.5, 0.6) is 0 Å². The third kappa shape index (κ3) is 3.99. The molecule has 1 aliphatic heterocycles. The van der Waals surface area contributed by atoms with Gasteiger partial charge in [-0.2, -0.15) is 5.10 Å². The molecule has 3 N–H and O–H groups in total. The van der Waals surface area contributed by atoms with Gasteiger partial charge in [0.25, 0.3) is 0 Å². The van der Waals surface area contributed by atoms with Crippen molar-refractivity contribution < 1.29 is 19.1 Å². The van der Waals surface area contributed by atoms with Crippen LogP contribution >= 0.6 is 11.3 Å². The van der Waals surface area contributed by atoms with Gasteiger partial charge in [-0.3, -0.25) is 9.48 Å². The lowest BCUT2D eigenvalue weighted by Gasteiger charge is -2.31. The van der Waals surface area contributed by atoms with Crippen molar-refractivity contribution in [1.82, 2.24) is 15.1 Å². The highest BCUT2D eigenvalue weighted by Gasteiger charge is 2.32. The first kappa shape index (κ1) is 20.2. The topological polar surface area (TPSA) is 96.2 Å². The molecule has 3 aromatic rings. The van der Waals surface area contributed by atoms with Crippen LogP contribution in [0.15, 0.2) is 42.6 Å². The standard InChI is InChI=1S/C21H21FN4O3S/c1-26-19(16(11-24-26)21(28)29)17-5-6-18(30-17)25-20(27)15-10-23-8-7-14(15)12-3-2-4-13(22)9-12/h2-6,9,11,14-15,23H,7-8,10H2,1H3,(H,25,27)(H,28,29)/t14-,15-/m1/s1. The number of aromatic nitrogens is 2. The van der Waals surface area contributed by atoms with Crippen LogP contribution in [0, 0.1) is 11.7 Å². The number of nitrogens with one attached hydrogen (secondary N) is 2. The van der Waals surface area contributed by atoms with E-state index in [-0.39, 0.29) is 29.1 Å². The van der Waals surface area contributed by atoms with Crippen molar-refractivity contribution in [2.75, 3.05) is 18.4 Å². The van der Waals surface area contributed by atoms with Gasteiger partial charge >= 0.3 is 5.97 Å². The Hall–Kier alpha value is -3.04. The maximum atomic E-state index is 13.7. The Labute approximate surface area is 176 Å². The first-order chi connectivity index (χ1) is 14.4. The molecule has 30 heavy (non-hydrogen) atoms. The zero-order chi connectivity index (χ0) is 21.3. The fourth-order valence-corrected chi connectivity index (χ4v) is 4.90. The normalized spacial score (nSPS) is 18.9. The number of benzene rings is 1. The second-order valence-corrected chi connectivity index (χ2v) is 8.33. The molecule has 0 saturated carbocycles. The van der Waals surface area contributed by atoms with Crippen molar-refractivity contribution in [3.05, 3.63) is 59.5 Å². The summed E-state index contributed by atoms with van der Waals surface area (Å²) in [5.74, 6) is -1.91. The van der Waals surface area contributed by atoms with Crippen molar-refractivity contribution >= 4 is 28.2 Å². The monoisotopic (exact) mass is 428 g/mol. The summed E-state index contributed by atoms with van der Waals surface area (Å²) in [5.41, 5.74) is 1.43. The number of hydrogen-bond acceptors (Lipinski definition) is 5. The van der Waals surface area contributed by atoms with E-state index < -0.39 is 5.97 Å². The minimum absolute atomic E-state index is 0.0722. The molecular formula is C21H21FN4O3S. The number of piperidine rings is 1. The van der Waals surface area contributed by atoms with Crippen LogP contribution in [0.2, 0.25) is 0 Å². The van der Waals surface area contributed by atoms with E-state index in [9.17, 15) is 19.1 Å². The number of carboxylic acid groups (broad SMARTS) is 1. The van der Waals surface area contributed by atoms with E-state index >= 15 is 0 Å². The fourth-order valence-electron chi connectivity index (χ4n) is 3.90. The Morgan fingerprint density at radius 3 is 2.93 bits per heavy atom. The number of nitrogens with zero attached hydrogens (tertiary/aromatic N) is 2. The maximum absolute atomic E-state index is 13.7. The molecule has 2 aromatic heterocycles. The first-order valence-electron chi connectivity index (χ1n) is 9.56. The number of carbonyl (C=O) groups is 2. The van der Waals surface area contributed by atoms with Crippen molar-refractivity contribution in [3.8, 4) is 10.6 Å². The van der Waals surface area contributed by atoms with Crippen LogP contribution in [-0.2, 0) is 11.8 Å². The Balaban J connectivity index is 1.54. The molecule has 1 aromatic carbocycles. The van der Waals surface area contributed by atoms with Crippen LogP contribution < -0.4 is 10.6 Å². The lowest BCUT2D eigenvalue weighted by Crippen LogP contribution is -2.42. The summed E-state index contributed by atoms with van der Waals surface area (Å²) in [6.45, 7) is 1.28. The minimum Gasteiger partial charge on any atom is -0.478 e. The SMILES string of the molecule is Cn1ncc(C(=O)O)c1-c1ccc(NC(=O)[C@@H]2CNCC[C@@H]2c2cccc(F)c2)s1. The summed E-state index contributed by atoms with van der Waals surface area (Å²) in [7, 11) is 1.68. The minimum atomic E-state index is -1.05. The Kier molecular flexibility index (Phi) is 5.65. The number of hydrogen-bond donors (Lipinski definition) is 3. The summed E-state index contributed by atoms with van der Waals surface area (Å²) in [4.78, 5) is 25.2. The number of thiophene rings is 1. The predicted molar refractivity (Wildman–Crippen MR) is 112 cm³/mol. The second-order valence-electron chi connectivity index (χ2n) is 7.25. The number of aromatic carboxylic acids is 1. The smallest absolute Gasteiger partial charge is 0.339 e. The molecule has 0 unspecified atom stereocenters. The van der Waals surface area contributed by atoms with Gasteiger partial charge in [-0.05, 0) is 48.7 Å². The maximum Gasteiger partial charge on any atom is 0.339 e. The molecule has 2 atom stereocenters. The molecule has 4 rings (SSSR count). The van der Waals surface area contributed by atoms with E-state index in [1.807, 2.05) is 6.07 Å². The molecular weight excluding hydrogens is 407 g/mol. The van der Waals surface area contributed by atoms with Crippen molar-refractivity contribution in [2.45, 2.75) is 12.3 Å². The van der Waals surface area contributed by atoms with Gasteiger partial charge < -0.3 is 15.7 Å². The van der Waals surface area contributed by atoms with Crippen LogP contribution in [0.1, 0.15) is 28.3 Å². The van der Waals surface area contributed by atoms with Gasteiger partial charge in [0.2, 0.25) is 5.91 Å².